The molecule has 0 N–H and O–H groups in total. The van der Waals surface area contributed by atoms with Crippen LogP contribution in [0.15, 0.2) is 164 Å². The van der Waals surface area contributed by atoms with Crippen molar-refractivity contribution in [1.29, 1.82) is 0 Å². The summed E-state index contributed by atoms with van der Waals surface area (Å²) in [6, 6.07) is 60.1. The zero-order valence-corrected chi connectivity index (χ0v) is 27.3. The SMILES string of the molecule is COc1ccc([PH](c2ccc(OC)cc2)(c2ccc(OC)cc2)[PH](c2ccccc2)(c2ccccc2)c2ccccc2)cc1. The van der Waals surface area contributed by atoms with Crippen molar-refractivity contribution in [3.05, 3.63) is 164 Å². The molecule has 0 atom stereocenters. The van der Waals surface area contributed by atoms with E-state index in [9.17, 15) is 0 Å². The first kappa shape index (κ1) is 29.6. The molecular weight excluding hydrogens is 578 g/mol. The Morgan fingerprint density at radius 2 is 0.477 bits per heavy atom. The standard InChI is InChI=1S/C39H38O3P2/c1-40-31-19-25-37(26-20-31)44(38-27-21-32(41-2)22-28-38,39-29-23-33(42-3)24-30-39)43(34-13-7-4-8-14-34,35-15-9-5-10-16-35)36-17-11-6-12-18-36/h4-30,43-44H,1-3H3. The Labute approximate surface area is 261 Å². The first-order chi connectivity index (χ1) is 21.7. The summed E-state index contributed by atoms with van der Waals surface area (Å²) in [4.78, 5) is 0. The molecule has 0 spiro atoms. The molecule has 6 aromatic carbocycles. The van der Waals surface area contributed by atoms with Gasteiger partial charge in [-0.25, -0.2) is 0 Å². The number of rotatable bonds is 10. The number of hydrogen-bond acceptors (Lipinski definition) is 3. The topological polar surface area (TPSA) is 27.7 Å². The molecule has 222 valence electrons. The summed E-state index contributed by atoms with van der Waals surface area (Å²) in [6.45, 7) is -6.05. The Morgan fingerprint density at radius 3 is 0.682 bits per heavy atom. The molecule has 0 aromatic heterocycles. The van der Waals surface area contributed by atoms with Crippen molar-refractivity contribution in [2.24, 2.45) is 0 Å². The molecule has 6 rings (SSSR count). The van der Waals surface area contributed by atoms with Crippen molar-refractivity contribution in [3.63, 3.8) is 0 Å². The van der Waals surface area contributed by atoms with E-state index < -0.39 is 13.9 Å². The summed E-state index contributed by atoms with van der Waals surface area (Å²) in [5.41, 5.74) is 0. The maximum atomic E-state index is 5.69. The fourth-order valence-corrected chi connectivity index (χ4v) is 26.4. The van der Waals surface area contributed by atoms with Crippen LogP contribution in [0.4, 0.5) is 0 Å². The number of methoxy groups -OCH3 is 3. The van der Waals surface area contributed by atoms with Gasteiger partial charge in [0, 0.05) is 0 Å². The van der Waals surface area contributed by atoms with Crippen molar-refractivity contribution in [2.45, 2.75) is 0 Å². The Hall–Kier alpha value is -4.42. The number of benzene rings is 6. The van der Waals surface area contributed by atoms with E-state index >= 15 is 0 Å². The summed E-state index contributed by atoms with van der Waals surface area (Å²) in [5.74, 6) is 2.52. The van der Waals surface area contributed by atoms with Gasteiger partial charge in [-0.1, -0.05) is 0 Å². The van der Waals surface area contributed by atoms with Crippen molar-refractivity contribution < 1.29 is 14.2 Å². The average Bonchev–Trinajstić information content (AvgIpc) is 3.12. The van der Waals surface area contributed by atoms with E-state index in [1.54, 1.807) is 21.3 Å². The predicted octanol–water partition coefficient (Wildman–Crippen LogP) is 6.38. The van der Waals surface area contributed by atoms with Gasteiger partial charge in [0.05, 0.1) is 0 Å². The zero-order valence-electron chi connectivity index (χ0n) is 25.3. The van der Waals surface area contributed by atoms with Crippen LogP contribution in [-0.4, -0.2) is 21.3 Å². The second-order valence-electron chi connectivity index (χ2n) is 10.8. The molecule has 0 amide bonds. The van der Waals surface area contributed by atoms with Crippen LogP contribution >= 0.6 is 13.9 Å². The minimum absolute atomic E-state index is 0.840. The van der Waals surface area contributed by atoms with Gasteiger partial charge in [-0.2, -0.15) is 0 Å². The average molecular weight is 617 g/mol. The van der Waals surface area contributed by atoms with E-state index in [-0.39, 0.29) is 0 Å². The number of hydrogen-bond donors (Lipinski definition) is 0. The molecule has 0 aliphatic carbocycles. The molecule has 3 nitrogen and oxygen atoms in total. The predicted molar refractivity (Wildman–Crippen MR) is 193 cm³/mol. The van der Waals surface area contributed by atoms with Gasteiger partial charge in [0.25, 0.3) is 0 Å². The monoisotopic (exact) mass is 616 g/mol. The normalized spacial score (nSPS) is 12.2. The fraction of sp³-hybridized carbons (Fsp3) is 0.0769. The molecule has 5 heteroatoms. The van der Waals surface area contributed by atoms with Crippen LogP contribution in [0.1, 0.15) is 0 Å². The molecule has 0 fully saturated rings. The van der Waals surface area contributed by atoms with Crippen LogP contribution in [0, 0.1) is 0 Å². The van der Waals surface area contributed by atoms with Gasteiger partial charge >= 0.3 is 262 Å². The summed E-state index contributed by atoms with van der Waals surface area (Å²) in [7, 11) is 5.18. The first-order valence-electron chi connectivity index (χ1n) is 14.8. The second-order valence-corrected chi connectivity index (χ2v) is 21.7. The zero-order chi connectivity index (χ0) is 30.4. The van der Waals surface area contributed by atoms with E-state index in [0.29, 0.717) is 0 Å². The Bertz CT molecular complexity index is 1560. The molecule has 0 bridgehead atoms. The molecule has 0 saturated carbocycles. The van der Waals surface area contributed by atoms with Crippen LogP contribution in [0.2, 0.25) is 0 Å². The molecule has 0 aliphatic rings. The van der Waals surface area contributed by atoms with E-state index in [1.165, 1.54) is 31.8 Å². The summed E-state index contributed by atoms with van der Waals surface area (Å²) < 4.78 is 17.1. The molecule has 44 heavy (non-hydrogen) atoms. The van der Waals surface area contributed by atoms with E-state index in [0.717, 1.165) is 17.2 Å². The van der Waals surface area contributed by atoms with Gasteiger partial charge in [0.15, 0.2) is 0 Å². The molecule has 0 heterocycles. The first-order valence-corrected chi connectivity index (χ1v) is 19.8. The summed E-state index contributed by atoms with van der Waals surface area (Å²) in [6.07, 6.45) is 0. The summed E-state index contributed by atoms with van der Waals surface area (Å²) >= 11 is 0. The van der Waals surface area contributed by atoms with Gasteiger partial charge in [-0.15, -0.1) is 0 Å². The van der Waals surface area contributed by atoms with Crippen molar-refractivity contribution in [2.75, 3.05) is 21.3 Å². The third-order valence-corrected chi connectivity index (χ3v) is 25.6. The third kappa shape index (κ3) is 4.97. The molecule has 0 saturated heterocycles. The van der Waals surface area contributed by atoms with Gasteiger partial charge in [-0.3, -0.25) is 0 Å². The Balaban J connectivity index is 1.90. The number of ether oxygens (including phenoxy) is 3. The molecular formula is C39H38O3P2. The van der Waals surface area contributed by atoms with Gasteiger partial charge in [0.2, 0.25) is 0 Å². The molecule has 0 aliphatic heterocycles. The Morgan fingerprint density at radius 1 is 0.273 bits per heavy atom. The van der Waals surface area contributed by atoms with Crippen LogP contribution in [-0.2, 0) is 0 Å². The van der Waals surface area contributed by atoms with Crippen molar-refractivity contribution >= 4 is 45.7 Å². The second kappa shape index (κ2) is 13.1. The third-order valence-electron chi connectivity index (χ3n) is 8.75. The molecule has 6 aromatic rings. The summed E-state index contributed by atoms with van der Waals surface area (Å²) in [5, 5.41) is 8.05. The maximum absolute atomic E-state index is 5.69. The van der Waals surface area contributed by atoms with Crippen LogP contribution in [0.25, 0.3) is 0 Å². The quantitative estimate of drug-likeness (QED) is 0.167. The van der Waals surface area contributed by atoms with Crippen LogP contribution < -0.4 is 46.0 Å². The van der Waals surface area contributed by atoms with Gasteiger partial charge in [0.1, 0.15) is 0 Å². The fourth-order valence-electron chi connectivity index (χ4n) is 6.89. The van der Waals surface area contributed by atoms with Crippen LogP contribution in [0.5, 0.6) is 17.2 Å². The minimum atomic E-state index is -3.06. The molecule has 0 unspecified atom stereocenters. The molecule has 0 radical (unpaired) electrons. The van der Waals surface area contributed by atoms with Gasteiger partial charge < -0.3 is 0 Å². The van der Waals surface area contributed by atoms with E-state index in [4.69, 9.17) is 14.2 Å². The van der Waals surface area contributed by atoms with E-state index in [1.807, 2.05) is 0 Å². The van der Waals surface area contributed by atoms with Gasteiger partial charge in [-0.05, 0) is 0 Å². The van der Waals surface area contributed by atoms with Crippen LogP contribution in [0.3, 0.4) is 0 Å². The van der Waals surface area contributed by atoms with Crippen molar-refractivity contribution in [1.82, 2.24) is 0 Å². The van der Waals surface area contributed by atoms with E-state index in [2.05, 4.69) is 164 Å². The van der Waals surface area contributed by atoms with Crippen molar-refractivity contribution in [3.8, 4) is 17.2 Å². The Kier molecular flexibility index (Phi) is 8.80.